The number of aryl methyl sites for hydroxylation is 2. The van der Waals surface area contributed by atoms with Crippen molar-refractivity contribution in [3.05, 3.63) is 47.4 Å². The lowest BCUT2D eigenvalue weighted by molar-refractivity contribution is 0.467. The van der Waals surface area contributed by atoms with Gasteiger partial charge in [0.2, 0.25) is 10.0 Å². The quantitative estimate of drug-likeness (QED) is 0.908. The second-order valence-corrected chi connectivity index (χ2v) is 6.40. The second kappa shape index (κ2) is 5.30. The van der Waals surface area contributed by atoms with Crippen molar-refractivity contribution in [1.29, 1.82) is 0 Å². The predicted octanol–water partition coefficient (Wildman–Crippen LogP) is 2.72. The number of nitrogens with one attached hydrogen (secondary N) is 1. The maximum Gasteiger partial charge on any atom is 0.238 e. The minimum atomic E-state index is -3.70. The van der Waals surface area contributed by atoms with Crippen molar-refractivity contribution < 1.29 is 12.8 Å². The lowest BCUT2D eigenvalue weighted by atomic mass is 10.1. The van der Waals surface area contributed by atoms with Gasteiger partial charge >= 0.3 is 0 Å². The van der Waals surface area contributed by atoms with E-state index in [4.69, 9.17) is 9.56 Å². The molecule has 3 N–H and O–H groups in total. The zero-order chi connectivity index (χ0) is 14.9. The third-order valence-corrected chi connectivity index (χ3v) is 4.01. The Morgan fingerprint density at radius 3 is 2.45 bits per heavy atom. The van der Waals surface area contributed by atoms with Gasteiger partial charge in [-0.1, -0.05) is 6.07 Å². The summed E-state index contributed by atoms with van der Waals surface area (Å²) in [7, 11) is -3.70. The normalized spacial score (nSPS) is 13.2. The van der Waals surface area contributed by atoms with E-state index in [-0.39, 0.29) is 10.9 Å². The number of hydrogen-bond donors (Lipinski definition) is 2. The van der Waals surface area contributed by atoms with E-state index in [1.165, 1.54) is 12.1 Å². The molecule has 0 aliphatic heterocycles. The van der Waals surface area contributed by atoms with Gasteiger partial charge in [0, 0.05) is 5.69 Å². The van der Waals surface area contributed by atoms with E-state index < -0.39 is 10.0 Å². The summed E-state index contributed by atoms with van der Waals surface area (Å²) in [5, 5.41) is 8.39. The van der Waals surface area contributed by atoms with Crippen molar-refractivity contribution in [2.24, 2.45) is 5.14 Å². The zero-order valence-electron chi connectivity index (χ0n) is 11.7. The van der Waals surface area contributed by atoms with Crippen molar-refractivity contribution in [3.63, 3.8) is 0 Å². The maximum atomic E-state index is 11.4. The maximum absolute atomic E-state index is 11.4. The van der Waals surface area contributed by atoms with Crippen molar-refractivity contribution in [3.8, 4) is 0 Å². The molecular weight excluding hydrogens is 276 g/mol. The van der Waals surface area contributed by atoms with Crippen LogP contribution < -0.4 is 10.5 Å². The molecule has 6 heteroatoms. The predicted molar refractivity (Wildman–Crippen MR) is 78.0 cm³/mol. The molecule has 0 saturated heterocycles. The van der Waals surface area contributed by atoms with E-state index in [1.807, 2.05) is 32.9 Å². The molecule has 0 aliphatic rings. The molecule has 1 atom stereocenters. The molecule has 0 saturated carbocycles. The Bertz CT molecular complexity index is 720. The van der Waals surface area contributed by atoms with Gasteiger partial charge in [-0.25, -0.2) is 13.6 Å². The largest absolute Gasteiger partial charge is 0.464 e. The van der Waals surface area contributed by atoms with Gasteiger partial charge in [-0.15, -0.1) is 0 Å². The van der Waals surface area contributed by atoms with Crippen molar-refractivity contribution in [1.82, 2.24) is 0 Å². The number of furan rings is 1. The summed E-state index contributed by atoms with van der Waals surface area (Å²) in [5.41, 5.74) is 1.66. The third-order valence-electron chi connectivity index (χ3n) is 3.10. The molecule has 20 heavy (non-hydrogen) atoms. The first-order valence-corrected chi connectivity index (χ1v) is 7.78. The molecule has 0 fully saturated rings. The Morgan fingerprint density at radius 2 is 1.90 bits per heavy atom. The van der Waals surface area contributed by atoms with E-state index in [1.54, 1.807) is 6.07 Å². The van der Waals surface area contributed by atoms with E-state index in [2.05, 4.69) is 5.32 Å². The lowest BCUT2D eigenvalue weighted by Crippen LogP contribution is -2.13. The Morgan fingerprint density at radius 1 is 1.20 bits per heavy atom. The highest BCUT2D eigenvalue weighted by Gasteiger charge is 2.13. The van der Waals surface area contributed by atoms with Gasteiger partial charge < -0.3 is 9.73 Å². The Balaban J connectivity index is 2.29. The van der Waals surface area contributed by atoms with Crippen LogP contribution in [0, 0.1) is 13.8 Å². The van der Waals surface area contributed by atoms with Crippen molar-refractivity contribution in [2.75, 3.05) is 5.32 Å². The van der Waals surface area contributed by atoms with Crippen LogP contribution in [0.5, 0.6) is 0 Å². The Hall–Kier alpha value is -1.79. The number of benzene rings is 1. The van der Waals surface area contributed by atoms with Crippen LogP contribution in [0.3, 0.4) is 0 Å². The highest BCUT2D eigenvalue weighted by atomic mass is 32.2. The molecular formula is C14H18N2O3S. The first-order chi connectivity index (χ1) is 9.27. The zero-order valence-corrected chi connectivity index (χ0v) is 12.5. The lowest BCUT2D eigenvalue weighted by Gasteiger charge is -2.16. The van der Waals surface area contributed by atoms with Gasteiger partial charge in [0.15, 0.2) is 0 Å². The topological polar surface area (TPSA) is 85.3 Å². The molecule has 1 heterocycles. The number of rotatable bonds is 4. The average Bonchev–Trinajstić information content (AvgIpc) is 2.77. The third kappa shape index (κ3) is 3.20. The fourth-order valence-electron chi connectivity index (χ4n) is 1.92. The molecule has 1 unspecified atom stereocenters. The van der Waals surface area contributed by atoms with Crippen LogP contribution in [0.2, 0.25) is 0 Å². The van der Waals surface area contributed by atoms with Crippen molar-refractivity contribution >= 4 is 15.7 Å². The molecule has 0 spiro atoms. The van der Waals surface area contributed by atoms with Gasteiger partial charge in [0.25, 0.3) is 0 Å². The van der Waals surface area contributed by atoms with Crippen LogP contribution in [0.1, 0.15) is 30.0 Å². The van der Waals surface area contributed by atoms with Gasteiger partial charge in [-0.2, -0.15) is 0 Å². The number of hydrogen-bond acceptors (Lipinski definition) is 4. The fraction of sp³-hybridized carbons (Fsp3) is 0.286. The number of anilines is 1. The molecule has 0 aliphatic carbocycles. The molecule has 0 radical (unpaired) electrons. The SMILES string of the molecule is Cc1ccc(C(C)Nc2cc(S(N)(=O)=O)ccc2C)o1. The summed E-state index contributed by atoms with van der Waals surface area (Å²) in [5.74, 6) is 1.63. The molecule has 5 nitrogen and oxygen atoms in total. The number of primary sulfonamides is 1. The molecule has 1 aromatic carbocycles. The van der Waals surface area contributed by atoms with Crippen LogP contribution in [-0.4, -0.2) is 8.42 Å². The number of nitrogens with two attached hydrogens (primary N) is 1. The molecule has 0 bridgehead atoms. The highest BCUT2D eigenvalue weighted by molar-refractivity contribution is 7.89. The first-order valence-electron chi connectivity index (χ1n) is 6.23. The monoisotopic (exact) mass is 294 g/mol. The Labute approximate surface area is 118 Å². The van der Waals surface area contributed by atoms with Crippen LogP contribution in [0.25, 0.3) is 0 Å². The summed E-state index contributed by atoms with van der Waals surface area (Å²) in [6.07, 6.45) is 0. The number of sulfonamides is 1. The van der Waals surface area contributed by atoms with Crippen LogP contribution in [-0.2, 0) is 10.0 Å². The molecule has 2 aromatic rings. The van der Waals surface area contributed by atoms with Crippen LogP contribution in [0.4, 0.5) is 5.69 Å². The van der Waals surface area contributed by atoms with E-state index in [9.17, 15) is 8.42 Å². The summed E-state index contributed by atoms with van der Waals surface area (Å²) in [4.78, 5) is 0.0911. The Kier molecular flexibility index (Phi) is 3.87. The fourth-order valence-corrected chi connectivity index (χ4v) is 2.46. The smallest absolute Gasteiger partial charge is 0.238 e. The summed E-state index contributed by atoms with van der Waals surface area (Å²) in [6.45, 7) is 5.72. The van der Waals surface area contributed by atoms with Gasteiger partial charge in [-0.3, -0.25) is 0 Å². The van der Waals surface area contributed by atoms with E-state index in [0.29, 0.717) is 0 Å². The van der Waals surface area contributed by atoms with Crippen LogP contribution in [0.15, 0.2) is 39.6 Å². The standard InChI is InChI=1S/C14H18N2O3S/c1-9-4-6-12(20(15,17)18)8-13(9)16-11(3)14-7-5-10(2)19-14/h4-8,11,16H,1-3H3,(H2,15,17,18). The first kappa shape index (κ1) is 14.6. The molecule has 1 aromatic heterocycles. The average molecular weight is 294 g/mol. The van der Waals surface area contributed by atoms with E-state index >= 15 is 0 Å². The molecule has 108 valence electrons. The minimum absolute atomic E-state index is 0.0712. The van der Waals surface area contributed by atoms with Crippen LogP contribution >= 0.6 is 0 Å². The molecule has 0 amide bonds. The summed E-state index contributed by atoms with van der Waals surface area (Å²) in [6, 6.07) is 8.47. The second-order valence-electron chi connectivity index (χ2n) is 4.84. The minimum Gasteiger partial charge on any atom is -0.464 e. The summed E-state index contributed by atoms with van der Waals surface area (Å²) < 4.78 is 28.3. The van der Waals surface area contributed by atoms with E-state index in [0.717, 1.165) is 22.8 Å². The van der Waals surface area contributed by atoms with Crippen molar-refractivity contribution in [2.45, 2.75) is 31.7 Å². The van der Waals surface area contributed by atoms with Gasteiger partial charge in [0.1, 0.15) is 11.5 Å². The summed E-state index contributed by atoms with van der Waals surface area (Å²) >= 11 is 0. The van der Waals surface area contributed by atoms with Gasteiger partial charge in [0.05, 0.1) is 10.9 Å². The highest BCUT2D eigenvalue weighted by Crippen LogP contribution is 2.25. The molecule has 2 rings (SSSR count). The van der Waals surface area contributed by atoms with Gasteiger partial charge in [-0.05, 0) is 50.6 Å².